The van der Waals surface area contributed by atoms with Crippen molar-refractivity contribution in [2.45, 2.75) is 0 Å². The fourth-order valence-electron chi connectivity index (χ4n) is 8.94. The summed E-state index contributed by atoms with van der Waals surface area (Å²) in [5.74, 6) is 1.86. The van der Waals surface area contributed by atoms with Gasteiger partial charge in [-0.25, -0.2) is 15.0 Å². The predicted molar refractivity (Wildman–Crippen MR) is 264 cm³/mol. The van der Waals surface area contributed by atoms with Gasteiger partial charge in [0.15, 0.2) is 17.5 Å². The molecule has 0 saturated carbocycles. The van der Waals surface area contributed by atoms with Gasteiger partial charge >= 0.3 is 0 Å². The molecule has 62 heavy (non-hydrogen) atoms. The van der Waals surface area contributed by atoms with Crippen LogP contribution in [0.2, 0.25) is 0 Å². The summed E-state index contributed by atoms with van der Waals surface area (Å²) in [6, 6.07) is 75.7. The van der Waals surface area contributed by atoms with E-state index >= 15 is 0 Å². The lowest BCUT2D eigenvalue weighted by atomic mass is 9.92. The van der Waals surface area contributed by atoms with Crippen molar-refractivity contribution in [2.24, 2.45) is 0 Å². The number of aromatic nitrogens is 3. The first-order valence-electron chi connectivity index (χ1n) is 20.8. The SMILES string of the molecule is c1ccc(-c2ccccc2-c2nc(-c3cc(-c4cccc5sc6ccccc6c45)cc(-c4cccc5sc6ccccc6c45)c3)nc(-c3ccccc3-c3ccccc3)n2)cc1. The van der Waals surface area contributed by atoms with E-state index in [0.717, 1.165) is 50.1 Å². The Morgan fingerprint density at radius 2 is 0.597 bits per heavy atom. The summed E-state index contributed by atoms with van der Waals surface area (Å²) in [7, 11) is 0. The smallest absolute Gasteiger partial charge is 0.164 e. The Bertz CT molecular complexity index is 3410. The molecule has 0 N–H and O–H groups in total. The van der Waals surface area contributed by atoms with Gasteiger partial charge in [0.2, 0.25) is 0 Å². The monoisotopic (exact) mass is 825 g/mol. The van der Waals surface area contributed by atoms with Crippen LogP contribution in [0.4, 0.5) is 0 Å². The maximum atomic E-state index is 5.44. The number of fused-ring (bicyclic) bond motifs is 6. The first-order valence-corrected chi connectivity index (χ1v) is 22.4. The lowest BCUT2D eigenvalue weighted by Gasteiger charge is -2.16. The van der Waals surface area contributed by atoms with E-state index in [2.05, 4.69) is 212 Å². The zero-order valence-electron chi connectivity index (χ0n) is 33.4. The summed E-state index contributed by atoms with van der Waals surface area (Å²) in [6.07, 6.45) is 0. The molecule has 5 heteroatoms. The highest BCUT2D eigenvalue weighted by Gasteiger charge is 2.21. The normalized spacial score (nSPS) is 11.5. The predicted octanol–water partition coefficient (Wildman–Crippen LogP) is 16.3. The van der Waals surface area contributed by atoms with Gasteiger partial charge in [-0.3, -0.25) is 0 Å². The average Bonchev–Trinajstić information content (AvgIpc) is 3.93. The third-order valence-electron chi connectivity index (χ3n) is 11.8. The molecule has 3 aromatic heterocycles. The number of hydrogen-bond acceptors (Lipinski definition) is 5. The van der Waals surface area contributed by atoms with Crippen LogP contribution in [-0.4, -0.2) is 15.0 Å². The molecule has 0 aliphatic rings. The fraction of sp³-hybridized carbons (Fsp3) is 0. The molecule has 0 fully saturated rings. The first kappa shape index (κ1) is 36.3. The second-order valence-electron chi connectivity index (χ2n) is 15.5. The molecule has 0 amide bonds. The van der Waals surface area contributed by atoms with Crippen LogP contribution < -0.4 is 0 Å². The van der Waals surface area contributed by atoms with Crippen molar-refractivity contribution in [3.05, 3.63) is 212 Å². The number of hydrogen-bond donors (Lipinski definition) is 0. The fourth-order valence-corrected chi connectivity index (χ4v) is 11.2. The van der Waals surface area contributed by atoms with Crippen molar-refractivity contribution in [1.82, 2.24) is 15.0 Å². The van der Waals surface area contributed by atoms with Gasteiger partial charge in [0.25, 0.3) is 0 Å². The Labute approximate surface area is 366 Å². The van der Waals surface area contributed by atoms with E-state index < -0.39 is 0 Å². The van der Waals surface area contributed by atoms with Crippen LogP contribution in [0.3, 0.4) is 0 Å². The molecule has 0 unspecified atom stereocenters. The molecule has 12 rings (SSSR count). The van der Waals surface area contributed by atoms with Gasteiger partial charge in [-0.15, -0.1) is 22.7 Å². The van der Waals surface area contributed by atoms with Gasteiger partial charge in [0, 0.05) is 57.0 Å². The molecular formula is C57H35N3S2. The minimum Gasteiger partial charge on any atom is -0.208 e. The highest BCUT2D eigenvalue weighted by molar-refractivity contribution is 7.26. The van der Waals surface area contributed by atoms with E-state index in [1.165, 1.54) is 51.5 Å². The number of rotatable bonds is 7. The number of thiophene rings is 2. The van der Waals surface area contributed by atoms with Crippen LogP contribution in [0, 0.1) is 0 Å². The molecule has 0 spiro atoms. The zero-order valence-corrected chi connectivity index (χ0v) is 35.0. The maximum absolute atomic E-state index is 5.44. The van der Waals surface area contributed by atoms with E-state index in [4.69, 9.17) is 15.0 Å². The van der Waals surface area contributed by atoms with Crippen molar-refractivity contribution in [3.63, 3.8) is 0 Å². The first-order chi connectivity index (χ1) is 30.7. The molecular weight excluding hydrogens is 791 g/mol. The van der Waals surface area contributed by atoms with E-state index in [1.807, 2.05) is 22.7 Å². The van der Waals surface area contributed by atoms with E-state index in [-0.39, 0.29) is 0 Å². The van der Waals surface area contributed by atoms with Gasteiger partial charge in [0.1, 0.15) is 0 Å². The molecule has 0 atom stereocenters. The summed E-state index contributed by atoms with van der Waals surface area (Å²) >= 11 is 3.69. The zero-order chi connectivity index (χ0) is 41.0. The van der Waals surface area contributed by atoms with Crippen molar-refractivity contribution >= 4 is 63.0 Å². The quantitative estimate of drug-likeness (QED) is 0.161. The number of nitrogens with zero attached hydrogens (tertiary/aromatic N) is 3. The molecule has 0 aliphatic carbocycles. The summed E-state index contributed by atoms with van der Waals surface area (Å²) in [5.41, 5.74) is 11.7. The third-order valence-corrected chi connectivity index (χ3v) is 14.0. The van der Waals surface area contributed by atoms with Gasteiger partial charge in [-0.05, 0) is 87.0 Å². The highest BCUT2D eigenvalue weighted by atomic mass is 32.1. The molecule has 0 radical (unpaired) electrons. The lowest BCUT2D eigenvalue weighted by Crippen LogP contribution is -2.02. The summed E-state index contributed by atoms with van der Waals surface area (Å²) < 4.78 is 5.09. The van der Waals surface area contributed by atoms with Gasteiger partial charge in [0.05, 0.1) is 0 Å². The molecule has 3 nitrogen and oxygen atoms in total. The Balaban J connectivity index is 1.16. The molecule has 9 aromatic carbocycles. The van der Waals surface area contributed by atoms with Crippen LogP contribution in [0.15, 0.2) is 212 Å². The summed E-state index contributed by atoms with van der Waals surface area (Å²) in [6.45, 7) is 0. The molecule has 0 aliphatic heterocycles. The van der Waals surface area contributed by atoms with Gasteiger partial charge < -0.3 is 0 Å². The van der Waals surface area contributed by atoms with Crippen LogP contribution in [0.1, 0.15) is 0 Å². The van der Waals surface area contributed by atoms with Crippen molar-refractivity contribution < 1.29 is 0 Å². The minimum absolute atomic E-state index is 0.614. The van der Waals surface area contributed by atoms with Crippen LogP contribution in [0.5, 0.6) is 0 Å². The minimum atomic E-state index is 0.614. The standard InChI is InChI=1S/C57H35N3S2/c1-3-17-36(18-4-1)41-21-7-9-23-45(41)56-58-55(59-57(60-56)46-24-10-8-22-42(46)37-19-5-2-6-20-37)40-34-38(43-27-15-31-51-53(43)47-25-11-13-29-49(47)61-51)33-39(35-40)44-28-16-32-52-54(44)48-26-12-14-30-50(48)62-52/h1-35H. The topological polar surface area (TPSA) is 38.7 Å². The van der Waals surface area contributed by atoms with Gasteiger partial charge in [-0.1, -0.05) is 170 Å². The van der Waals surface area contributed by atoms with Crippen LogP contribution in [-0.2, 0) is 0 Å². The van der Waals surface area contributed by atoms with Crippen molar-refractivity contribution in [1.29, 1.82) is 0 Å². The average molecular weight is 826 g/mol. The molecule has 290 valence electrons. The molecule has 0 bridgehead atoms. The lowest BCUT2D eigenvalue weighted by molar-refractivity contribution is 1.07. The Morgan fingerprint density at radius 3 is 1.08 bits per heavy atom. The number of benzene rings is 9. The van der Waals surface area contributed by atoms with Crippen molar-refractivity contribution in [2.75, 3.05) is 0 Å². The third kappa shape index (κ3) is 6.29. The second kappa shape index (κ2) is 15.2. The van der Waals surface area contributed by atoms with E-state index in [0.29, 0.717) is 17.5 Å². The maximum Gasteiger partial charge on any atom is 0.164 e. The molecule has 0 saturated heterocycles. The summed E-state index contributed by atoms with van der Waals surface area (Å²) in [4.78, 5) is 16.2. The van der Waals surface area contributed by atoms with Gasteiger partial charge in [-0.2, -0.15) is 0 Å². The van der Waals surface area contributed by atoms with Crippen molar-refractivity contribution in [3.8, 4) is 78.7 Å². The van der Waals surface area contributed by atoms with E-state index in [1.54, 1.807) is 0 Å². The van der Waals surface area contributed by atoms with Crippen LogP contribution >= 0.6 is 22.7 Å². The Kier molecular flexibility index (Phi) is 8.87. The van der Waals surface area contributed by atoms with E-state index in [9.17, 15) is 0 Å². The second-order valence-corrected chi connectivity index (χ2v) is 17.6. The Morgan fingerprint density at radius 1 is 0.242 bits per heavy atom. The highest BCUT2D eigenvalue weighted by Crippen LogP contribution is 2.45. The molecule has 12 aromatic rings. The van der Waals surface area contributed by atoms with Crippen LogP contribution in [0.25, 0.3) is 119 Å². The largest absolute Gasteiger partial charge is 0.208 e. The summed E-state index contributed by atoms with van der Waals surface area (Å²) in [5, 5.41) is 5.06. The molecule has 3 heterocycles. The Hall–Kier alpha value is -7.57.